The molecule has 1 aromatic heterocycles. The number of amides is 2. The first-order chi connectivity index (χ1) is 9.93. The Morgan fingerprint density at radius 2 is 2.24 bits per heavy atom. The van der Waals surface area contributed by atoms with Crippen molar-refractivity contribution in [3.05, 3.63) is 23.8 Å². The summed E-state index contributed by atoms with van der Waals surface area (Å²) >= 11 is 0. The SMILES string of the molecule is Cc1nccc(CNC(=O)N2CCCCC2(C)C(=O)O)n1. The van der Waals surface area contributed by atoms with E-state index in [9.17, 15) is 14.7 Å². The largest absolute Gasteiger partial charge is 0.480 e. The van der Waals surface area contributed by atoms with Gasteiger partial charge in [-0.15, -0.1) is 0 Å². The number of aryl methyl sites for hydroxylation is 1. The Balaban J connectivity index is 2.03. The zero-order chi connectivity index (χ0) is 15.5. The van der Waals surface area contributed by atoms with Gasteiger partial charge in [-0.3, -0.25) is 0 Å². The molecule has 7 nitrogen and oxygen atoms in total. The Morgan fingerprint density at radius 1 is 1.48 bits per heavy atom. The van der Waals surface area contributed by atoms with E-state index in [0.29, 0.717) is 24.5 Å². The molecule has 0 aliphatic carbocycles. The zero-order valence-electron chi connectivity index (χ0n) is 12.3. The highest BCUT2D eigenvalue weighted by atomic mass is 16.4. The molecular formula is C14H20N4O3. The molecule has 0 radical (unpaired) electrons. The molecule has 1 atom stereocenters. The first kappa shape index (κ1) is 15.2. The first-order valence-corrected chi connectivity index (χ1v) is 7.01. The molecule has 7 heteroatoms. The van der Waals surface area contributed by atoms with Crippen molar-refractivity contribution in [1.29, 1.82) is 0 Å². The maximum Gasteiger partial charge on any atom is 0.329 e. The molecule has 2 rings (SSSR count). The van der Waals surface area contributed by atoms with Crippen LogP contribution in [0.1, 0.15) is 37.7 Å². The van der Waals surface area contributed by atoms with E-state index in [0.717, 1.165) is 12.8 Å². The van der Waals surface area contributed by atoms with Gasteiger partial charge in [-0.1, -0.05) is 0 Å². The molecule has 21 heavy (non-hydrogen) atoms. The number of piperidine rings is 1. The summed E-state index contributed by atoms with van der Waals surface area (Å²) in [7, 11) is 0. The third kappa shape index (κ3) is 3.29. The lowest BCUT2D eigenvalue weighted by atomic mass is 9.89. The number of hydrogen-bond acceptors (Lipinski definition) is 4. The number of aromatic nitrogens is 2. The van der Waals surface area contributed by atoms with Gasteiger partial charge < -0.3 is 15.3 Å². The molecule has 0 spiro atoms. The number of carbonyl (C=O) groups is 2. The molecule has 1 aromatic rings. The van der Waals surface area contributed by atoms with Crippen LogP contribution >= 0.6 is 0 Å². The van der Waals surface area contributed by atoms with Crippen molar-refractivity contribution in [2.45, 2.75) is 45.2 Å². The van der Waals surface area contributed by atoms with Gasteiger partial charge in [-0.25, -0.2) is 19.6 Å². The van der Waals surface area contributed by atoms with Gasteiger partial charge in [0.1, 0.15) is 11.4 Å². The lowest BCUT2D eigenvalue weighted by Crippen LogP contribution is -2.59. The van der Waals surface area contributed by atoms with Crippen molar-refractivity contribution in [3.63, 3.8) is 0 Å². The van der Waals surface area contributed by atoms with E-state index in [2.05, 4.69) is 15.3 Å². The molecule has 2 N–H and O–H groups in total. The van der Waals surface area contributed by atoms with Crippen LogP contribution in [-0.2, 0) is 11.3 Å². The minimum atomic E-state index is -1.13. The van der Waals surface area contributed by atoms with Crippen molar-refractivity contribution in [3.8, 4) is 0 Å². The van der Waals surface area contributed by atoms with Crippen LogP contribution in [0.25, 0.3) is 0 Å². The van der Waals surface area contributed by atoms with Crippen molar-refractivity contribution in [1.82, 2.24) is 20.2 Å². The molecule has 0 bridgehead atoms. The van der Waals surface area contributed by atoms with E-state index < -0.39 is 11.5 Å². The zero-order valence-corrected chi connectivity index (χ0v) is 12.3. The number of carbonyl (C=O) groups excluding carboxylic acids is 1. The minimum Gasteiger partial charge on any atom is -0.480 e. The van der Waals surface area contributed by atoms with Crippen molar-refractivity contribution in [2.24, 2.45) is 0 Å². The summed E-state index contributed by atoms with van der Waals surface area (Å²) < 4.78 is 0. The second-order valence-electron chi connectivity index (χ2n) is 5.44. The average Bonchev–Trinajstić information content (AvgIpc) is 2.45. The third-order valence-corrected chi connectivity index (χ3v) is 3.85. The van der Waals surface area contributed by atoms with Gasteiger partial charge in [0.25, 0.3) is 0 Å². The van der Waals surface area contributed by atoms with E-state index in [1.807, 2.05) is 0 Å². The van der Waals surface area contributed by atoms with Crippen molar-refractivity contribution >= 4 is 12.0 Å². The fourth-order valence-electron chi connectivity index (χ4n) is 2.53. The first-order valence-electron chi connectivity index (χ1n) is 7.01. The van der Waals surface area contributed by atoms with E-state index in [-0.39, 0.29) is 12.6 Å². The van der Waals surface area contributed by atoms with Crippen LogP contribution in [0.5, 0.6) is 0 Å². The Kier molecular flexibility index (Phi) is 4.40. The molecule has 1 fully saturated rings. The molecule has 0 saturated carbocycles. The van der Waals surface area contributed by atoms with Crippen LogP contribution in [0.2, 0.25) is 0 Å². The van der Waals surface area contributed by atoms with Crippen LogP contribution in [-0.4, -0.2) is 44.1 Å². The number of aliphatic carboxylic acids is 1. The highest BCUT2D eigenvalue weighted by Crippen LogP contribution is 2.28. The van der Waals surface area contributed by atoms with Gasteiger partial charge in [-0.2, -0.15) is 0 Å². The fraction of sp³-hybridized carbons (Fsp3) is 0.571. The number of carboxylic acids is 1. The molecule has 114 valence electrons. The Hall–Kier alpha value is -2.18. The normalized spacial score (nSPS) is 21.9. The molecule has 2 heterocycles. The third-order valence-electron chi connectivity index (χ3n) is 3.85. The van der Waals surface area contributed by atoms with E-state index in [1.165, 1.54) is 4.90 Å². The topological polar surface area (TPSA) is 95.4 Å². The highest BCUT2D eigenvalue weighted by molar-refractivity contribution is 5.86. The van der Waals surface area contributed by atoms with Crippen LogP contribution in [0.15, 0.2) is 12.3 Å². The number of rotatable bonds is 3. The minimum absolute atomic E-state index is 0.258. The highest BCUT2D eigenvalue weighted by Gasteiger charge is 2.43. The number of nitrogens with zero attached hydrogens (tertiary/aromatic N) is 3. The summed E-state index contributed by atoms with van der Waals surface area (Å²) in [6.45, 7) is 4.09. The maximum atomic E-state index is 12.3. The molecular weight excluding hydrogens is 272 g/mol. The van der Waals surface area contributed by atoms with Crippen LogP contribution in [0.4, 0.5) is 4.79 Å². The maximum absolute atomic E-state index is 12.3. The second kappa shape index (κ2) is 6.07. The molecule has 1 aliphatic heterocycles. The smallest absolute Gasteiger partial charge is 0.329 e. The van der Waals surface area contributed by atoms with E-state index >= 15 is 0 Å². The van der Waals surface area contributed by atoms with Gasteiger partial charge in [0.05, 0.1) is 12.2 Å². The molecule has 1 saturated heterocycles. The van der Waals surface area contributed by atoms with Gasteiger partial charge in [-0.05, 0) is 39.2 Å². The molecule has 1 unspecified atom stereocenters. The fourth-order valence-corrected chi connectivity index (χ4v) is 2.53. The predicted molar refractivity (Wildman–Crippen MR) is 75.6 cm³/mol. The summed E-state index contributed by atoms with van der Waals surface area (Å²) in [5.74, 6) is -0.328. The molecule has 2 amide bonds. The Labute approximate surface area is 123 Å². The number of urea groups is 1. The number of hydrogen-bond donors (Lipinski definition) is 2. The summed E-state index contributed by atoms with van der Waals surface area (Å²) in [5.41, 5.74) is -0.436. The summed E-state index contributed by atoms with van der Waals surface area (Å²) in [6, 6.07) is 1.36. The standard InChI is InChI=1S/C14H20N4O3/c1-10-15-7-5-11(17-10)9-16-13(21)18-8-4-3-6-14(18,2)12(19)20/h5,7H,3-4,6,8-9H2,1-2H3,(H,16,21)(H,19,20). The summed E-state index contributed by atoms with van der Waals surface area (Å²) in [6.07, 6.45) is 3.75. The number of likely N-dealkylation sites (tertiary alicyclic amines) is 1. The summed E-state index contributed by atoms with van der Waals surface area (Å²) in [5, 5.41) is 12.1. The monoisotopic (exact) mass is 292 g/mol. The van der Waals surface area contributed by atoms with Gasteiger partial charge >= 0.3 is 12.0 Å². The van der Waals surface area contributed by atoms with Gasteiger partial charge in [0.15, 0.2) is 0 Å². The average molecular weight is 292 g/mol. The summed E-state index contributed by atoms with van der Waals surface area (Å²) in [4.78, 5) is 33.4. The van der Waals surface area contributed by atoms with Crippen molar-refractivity contribution in [2.75, 3.05) is 6.54 Å². The second-order valence-corrected chi connectivity index (χ2v) is 5.44. The van der Waals surface area contributed by atoms with Crippen LogP contribution < -0.4 is 5.32 Å². The number of carboxylic acid groups (broad SMARTS) is 1. The van der Waals surface area contributed by atoms with Gasteiger partial charge in [0, 0.05) is 12.7 Å². The molecule has 1 aliphatic rings. The van der Waals surface area contributed by atoms with E-state index in [1.54, 1.807) is 26.1 Å². The Bertz CT molecular complexity index is 549. The van der Waals surface area contributed by atoms with Gasteiger partial charge in [0.2, 0.25) is 0 Å². The quantitative estimate of drug-likeness (QED) is 0.876. The van der Waals surface area contributed by atoms with Crippen molar-refractivity contribution < 1.29 is 14.7 Å². The number of nitrogens with one attached hydrogen (secondary N) is 1. The van der Waals surface area contributed by atoms with Crippen LogP contribution in [0, 0.1) is 6.92 Å². The van der Waals surface area contributed by atoms with E-state index in [4.69, 9.17) is 0 Å². The molecule has 0 aromatic carbocycles. The Morgan fingerprint density at radius 3 is 2.90 bits per heavy atom. The predicted octanol–water partition coefficient (Wildman–Crippen LogP) is 1.32. The lowest BCUT2D eigenvalue weighted by Gasteiger charge is -2.41. The van der Waals surface area contributed by atoms with Crippen LogP contribution in [0.3, 0.4) is 0 Å². The lowest BCUT2D eigenvalue weighted by molar-refractivity contribution is -0.150.